The van der Waals surface area contributed by atoms with Gasteiger partial charge in [0.15, 0.2) is 0 Å². The smallest absolute Gasteiger partial charge is 0.242 e. The molecule has 1 N–H and O–H groups in total. The minimum Gasteiger partial charge on any atom is -0.544 e. The monoisotopic (exact) mass is 392 g/mol. The van der Waals surface area contributed by atoms with Gasteiger partial charge in [-0.25, -0.2) is 0 Å². The fraction of sp³-hybridized carbons (Fsp3) is 0.667. The Balaban J connectivity index is 0.00000264. The number of hydrogen-bond donors (Lipinski definition) is 1. The summed E-state index contributed by atoms with van der Waals surface area (Å²) in [5.74, 6) is 1.69. The fourth-order valence-electron chi connectivity index (χ4n) is 3.17. The summed E-state index contributed by atoms with van der Waals surface area (Å²) in [6, 6.07) is 9.38. The van der Waals surface area contributed by atoms with Crippen molar-refractivity contribution in [3.63, 3.8) is 0 Å². The molecule has 1 aliphatic rings. The van der Waals surface area contributed by atoms with Crippen LogP contribution in [0.25, 0.3) is 0 Å². The summed E-state index contributed by atoms with van der Waals surface area (Å²) in [6.07, 6.45) is 1.21. The zero-order chi connectivity index (χ0) is 16.2. The molecule has 0 radical (unpaired) electrons. The standard InChI is InChI=1S/C18H32N2OSi.2ClH/c1-6-15(2)18(20-13-11-19-12-14-20)16-7-9-17(10-8-16)21-22(3,4)5;;/h7-10,15,18-19H,6,11-14H2,1-5H3;2*1H/t15?,18-;;/m1../s1. The number of halogens is 2. The van der Waals surface area contributed by atoms with Crippen molar-refractivity contribution in [3.8, 4) is 5.75 Å². The van der Waals surface area contributed by atoms with Crippen molar-refractivity contribution in [2.75, 3.05) is 26.2 Å². The van der Waals surface area contributed by atoms with Crippen LogP contribution in [0, 0.1) is 5.92 Å². The molecule has 1 aromatic rings. The lowest BCUT2D eigenvalue weighted by Crippen LogP contribution is -2.46. The number of nitrogens with zero attached hydrogens (tertiary/aromatic N) is 1. The third-order valence-electron chi connectivity index (χ3n) is 4.37. The van der Waals surface area contributed by atoms with E-state index in [1.54, 1.807) is 0 Å². The molecule has 2 atom stereocenters. The van der Waals surface area contributed by atoms with E-state index in [4.69, 9.17) is 4.43 Å². The van der Waals surface area contributed by atoms with Gasteiger partial charge >= 0.3 is 0 Å². The molecule has 3 nitrogen and oxygen atoms in total. The number of hydrogen-bond acceptors (Lipinski definition) is 3. The molecule has 1 heterocycles. The van der Waals surface area contributed by atoms with Gasteiger partial charge in [0.2, 0.25) is 8.32 Å². The Morgan fingerprint density at radius 1 is 1.08 bits per heavy atom. The van der Waals surface area contributed by atoms with Crippen molar-refractivity contribution in [2.24, 2.45) is 5.92 Å². The first kappa shape index (κ1) is 23.7. The summed E-state index contributed by atoms with van der Waals surface area (Å²) in [5.41, 5.74) is 1.43. The quantitative estimate of drug-likeness (QED) is 0.707. The summed E-state index contributed by atoms with van der Waals surface area (Å²) in [4.78, 5) is 2.64. The Morgan fingerprint density at radius 3 is 2.08 bits per heavy atom. The highest BCUT2D eigenvalue weighted by atomic mass is 35.5. The Kier molecular flexibility index (Phi) is 10.5. The zero-order valence-corrected chi connectivity index (χ0v) is 18.3. The second kappa shape index (κ2) is 10.7. The Bertz CT molecular complexity index is 459. The van der Waals surface area contributed by atoms with E-state index >= 15 is 0 Å². The van der Waals surface area contributed by atoms with Gasteiger partial charge in [0.05, 0.1) is 0 Å². The van der Waals surface area contributed by atoms with Crippen LogP contribution in [0.4, 0.5) is 0 Å². The Hall–Kier alpha value is -0.263. The first-order valence-corrected chi connectivity index (χ1v) is 12.1. The summed E-state index contributed by atoms with van der Waals surface area (Å²) < 4.78 is 6.08. The van der Waals surface area contributed by atoms with Gasteiger partial charge in [0.1, 0.15) is 5.75 Å². The maximum absolute atomic E-state index is 6.08. The molecule has 0 aliphatic carbocycles. The minimum atomic E-state index is -1.52. The third-order valence-corrected chi connectivity index (χ3v) is 5.22. The lowest BCUT2D eigenvalue weighted by molar-refractivity contribution is 0.128. The van der Waals surface area contributed by atoms with Crippen LogP contribution in [-0.4, -0.2) is 39.4 Å². The van der Waals surface area contributed by atoms with E-state index in [0.29, 0.717) is 12.0 Å². The minimum absolute atomic E-state index is 0. The van der Waals surface area contributed by atoms with E-state index in [9.17, 15) is 0 Å². The lowest BCUT2D eigenvalue weighted by atomic mass is 9.90. The predicted octanol–water partition coefficient (Wildman–Crippen LogP) is 4.74. The largest absolute Gasteiger partial charge is 0.544 e. The molecule has 1 fully saturated rings. The molecule has 0 aromatic heterocycles. The van der Waals surface area contributed by atoms with E-state index in [0.717, 1.165) is 31.9 Å². The normalized spacial score (nSPS) is 18.0. The number of rotatable bonds is 6. The molecule has 0 spiro atoms. The van der Waals surface area contributed by atoms with Gasteiger partial charge in [-0.05, 0) is 43.3 Å². The molecular weight excluding hydrogens is 359 g/mol. The molecule has 1 unspecified atom stereocenters. The highest BCUT2D eigenvalue weighted by Crippen LogP contribution is 2.32. The van der Waals surface area contributed by atoms with Gasteiger partial charge in [0, 0.05) is 32.2 Å². The van der Waals surface area contributed by atoms with E-state index in [1.807, 2.05) is 0 Å². The van der Waals surface area contributed by atoms with Gasteiger partial charge < -0.3 is 9.74 Å². The molecule has 0 saturated carbocycles. The molecular formula is C18H34Cl2N2OSi. The van der Waals surface area contributed by atoms with Crippen molar-refractivity contribution in [3.05, 3.63) is 29.8 Å². The predicted molar refractivity (Wildman–Crippen MR) is 112 cm³/mol. The molecule has 6 heteroatoms. The van der Waals surface area contributed by atoms with Crippen LogP contribution < -0.4 is 9.74 Å². The van der Waals surface area contributed by atoms with Crippen molar-refractivity contribution >= 4 is 33.1 Å². The van der Waals surface area contributed by atoms with E-state index < -0.39 is 8.32 Å². The summed E-state index contributed by atoms with van der Waals surface area (Å²) in [5, 5.41) is 3.46. The SMILES string of the molecule is CCC(C)[C@H](c1ccc(O[Si](C)(C)C)cc1)N1CCNCC1.Cl.Cl. The summed E-state index contributed by atoms with van der Waals surface area (Å²) in [6.45, 7) is 15.8. The van der Waals surface area contributed by atoms with Crippen molar-refractivity contribution in [2.45, 2.75) is 46.0 Å². The molecule has 1 aliphatic heterocycles. The highest BCUT2D eigenvalue weighted by Gasteiger charge is 2.26. The molecule has 0 amide bonds. The Morgan fingerprint density at radius 2 is 1.62 bits per heavy atom. The van der Waals surface area contributed by atoms with E-state index in [1.165, 1.54) is 12.0 Å². The maximum Gasteiger partial charge on any atom is 0.242 e. The second-order valence-electron chi connectivity index (χ2n) is 7.40. The second-order valence-corrected chi connectivity index (χ2v) is 11.8. The lowest BCUT2D eigenvalue weighted by Gasteiger charge is -2.38. The van der Waals surface area contributed by atoms with Crippen LogP contribution in [0.5, 0.6) is 5.75 Å². The van der Waals surface area contributed by atoms with E-state index in [2.05, 4.69) is 68.0 Å². The van der Waals surface area contributed by atoms with Gasteiger partial charge in [-0.15, -0.1) is 24.8 Å². The Labute approximate surface area is 161 Å². The summed E-state index contributed by atoms with van der Waals surface area (Å²) in [7, 11) is -1.52. The van der Waals surface area contributed by atoms with Crippen LogP contribution in [0.15, 0.2) is 24.3 Å². The first-order chi connectivity index (χ1) is 10.4. The number of piperazine rings is 1. The number of nitrogens with one attached hydrogen (secondary N) is 1. The van der Waals surface area contributed by atoms with Gasteiger partial charge in [-0.3, -0.25) is 4.90 Å². The molecule has 24 heavy (non-hydrogen) atoms. The van der Waals surface area contributed by atoms with Crippen LogP contribution >= 0.6 is 24.8 Å². The average molecular weight is 393 g/mol. The topological polar surface area (TPSA) is 24.5 Å². The molecule has 0 bridgehead atoms. The fourth-order valence-corrected chi connectivity index (χ4v) is 4.01. The first-order valence-electron chi connectivity index (χ1n) is 8.64. The third kappa shape index (κ3) is 6.93. The summed E-state index contributed by atoms with van der Waals surface area (Å²) >= 11 is 0. The van der Waals surface area contributed by atoms with Crippen LogP contribution in [-0.2, 0) is 0 Å². The van der Waals surface area contributed by atoms with Crippen molar-refractivity contribution < 1.29 is 4.43 Å². The van der Waals surface area contributed by atoms with Gasteiger partial charge in [-0.1, -0.05) is 32.4 Å². The van der Waals surface area contributed by atoms with Crippen molar-refractivity contribution in [1.29, 1.82) is 0 Å². The van der Waals surface area contributed by atoms with Crippen LogP contribution in [0.1, 0.15) is 31.9 Å². The molecule has 140 valence electrons. The zero-order valence-electron chi connectivity index (χ0n) is 15.7. The number of benzene rings is 1. The molecule has 1 aromatic carbocycles. The maximum atomic E-state index is 6.08. The molecule has 2 rings (SSSR count). The average Bonchev–Trinajstić information content (AvgIpc) is 2.48. The van der Waals surface area contributed by atoms with Gasteiger partial charge in [-0.2, -0.15) is 0 Å². The van der Waals surface area contributed by atoms with Crippen LogP contribution in [0.3, 0.4) is 0 Å². The van der Waals surface area contributed by atoms with Crippen molar-refractivity contribution in [1.82, 2.24) is 10.2 Å². The molecule has 1 saturated heterocycles. The van der Waals surface area contributed by atoms with Crippen LogP contribution in [0.2, 0.25) is 19.6 Å². The highest BCUT2D eigenvalue weighted by molar-refractivity contribution is 6.70. The van der Waals surface area contributed by atoms with E-state index in [-0.39, 0.29) is 24.8 Å². The van der Waals surface area contributed by atoms with Gasteiger partial charge in [0.25, 0.3) is 0 Å².